The highest BCUT2D eigenvalue weighted by molar-refractivity contribution is 5.76. The van der Waals surface area contributed by atoms with Crippen LogP contribution in [0.1, 0.15) is 50.8 Å². The molecule has 1 spiro atoms. The van der Waals surface area contributed by atoms with Crippen molar-refractivity contribution in [3.8, 4) is 0 Å². The van der Waals surface area contributed by atoms with Crippen molar-refractivity contribution in [2.45, 2.75) is 50.9 Å². The number of nitrogens with one attached hydrogen (secondary N) is 1. The lowest BCUT2D eigenvalue weighted by Gasteiger charge is -2.35. The van der Waals surface area contributed by atoms with E-state index in [0.29, 0.717) is 19.6 Å². The molecule has 2 fully saturated rings. The van der Waals surface area contributed by atoms with E-state index in [1.165, 1.54) is 0 Å². The first-order valence-corrected chi connectivity index (χ1v) is 8.36. The third-order valence-corrected chi connectivity index (χ3v) is 4.78. The van der Waals surface area contributed by atoms with Crippen molar-refractivity contribution in [2.24, 2.45) is 5.92 Å². The van der Waals surface area contributed by atoms with Gasteiger partial charge in [-0.1, -0.05) is 0 Å². The molecule has 1 saturated heterocycles. The van der Waals surface area contributed by atoms with Crippen LogP contribution in [-0.4, -0.2) is 29.9 Å². The summed E-state index contributed by atoms with van der Waals surface area (Å²) < 4.78 is 37.9. The smallest absolute Gasteiger partial charge is 0.220 e. The lowest BCUT2D eigenvalue weighted by molar-refractivity contribution is -0.183. The van der Waals surface area contributed by atoms with Crippen molar-refractivity contribution in [2.75, 3.05) is 13.2 Å². The Bertz CT molecular complexity index is 595. The van der Waals surface area contributed by atoms with Gasteiger partial charge in [0.2, 0.25) is 5.91 Å². The Morgan fingerprint density at radius 1 is 1.38 bits per heavy atom. The van der Waals surface area contributed by atoms with Crippen LogP contribution in [0, 0.1) is 17.6 Å². The number of nitrogens with zero attached hydrogens (tertiary/aromatic N) is 1. The van der Waals surface area contributed by atoms with Gasteiger partial charge in [-0.15, -0.1) is 0 Å². The summed E-state index contributed by atoms with van der Waals surface area (Å²) in [5.41, 5.74) is 0.0418. The minimum Gasteiger partial charge on any atom is -0.348 e. The standard InChI is InChI=1S/C17H22F2N2O3/c1-11(16-14(19)9-13(18)10-20-16)21-15(22)8-12-2-4-17(5-3-12)23-6-7-24-17/h9-12H,2-8H2,1H3,(H,21,22). The number of hydrogen-bond acceptors (Lipinski definition) is 4. The Labute approximate surface area is 139 Å². The fourth-order valence-electron chi connectivity index (χ4n) is 3.48. The van der Waals surface area contributed by atoms with Gasteiger partial charge < -0.3 is 14.8 Å². The largest absolute Gasteiger partial charge is 0.348 e. The first-order chi connectivity index (χ1) is 11.5. The number of ether oxygens (including phenoxy) is 2. The summed E-state index contributed by atoms with van der Waals surface area (Å²) in [6.45, 7) is 2.91. The Morgan fingerprint density at radius 2 is 2.04 bits per heavy atom. The second kappa shape index (κ2) is 7.11. The topological polar surface area (TPSA) is 60.5 Å². The second-order valence-electron chi connectivity index (χ2n) is 6.56. The summed E-state index contributed by atoms with van der Waals surface area (Å²) in [6, 6.07) is 0.169. The molecule has 1 aliphatic carbocycles. The van der Waals surface area contributed by atoms with E-state index in [9.17, 15) is 13.6 Å². The molecule has 1 amide bonds. The van der Waals surface area contributed by atoms with Gasteiger partial charge in [-0.2, -0.15) is 0 Å². The Kier molecular flexibility index (Phi) is 5.10. The molecule has 1 N–H and O–H groups in total. The SMILES string of the molecule is CC(NC(=O)CC1CCC2(CC1)OCCO2)c1ncc(F)cc1F. The maximum Gasteiger partial charge on any atom is 0.220 e. The summed E-state index contributed by atoms with van der Waals surface area (Å²) >= 11 is 0. The number of halogens is 2. The number of rotatable bonds is 4. The van der Waals surface area contributed by atoms with Crippen LogP contribution in [-0.2, 0) is 14.3 Å². The lowest BCUT2D eigenvalue weighted by Crippen LogP contribution is -2.37. The van der Waals surface area contributed by atoms with Crippen LogP contribution in [0.5, 0.6) is 0 Å². The van der Waals surface area contributed by atoms with Gasteiger partial charge in [-0.05, 0) is 25.7 Å². The molecule has 2 heterocycles. The Balaban J connectivity index is 1.49. The number of carbonyl (C=O) groups is 1. The molecule has 1 saturated carbocycles. The molecule has 0 radical (unpaired) electrons. The predicted molar refractivity (Wildman–Crippen MR) is 81.9 cm³/mol. The maximum atomic E-state index is 13.7. The zero-order valence-electron chi connectivity index (χ0n) is 13.7. The van der Waals surface area contributed by atoms with Gasteiger partial charge >= 0.3 is 0 Å². The number of hydrogen-bond donors (Lipinski definition) is 1. The first kappa shape index (κ1) is 17.2. The second-order valence-corrected chi connectivity index (χ2v) is 6.56. The van der Waals surface area contributed by atoms with Crippen molar-refractivity contribution < 1.29 is 23.0 Å². The van der Waals surface area contributed by atoms with Crippen LogP contribution in [0.4, 0.5) is 8.78 Å². The summed E-state index contributed by atoms with van der Waals surface area (Å²) in [5, 5.41) is 2.74. The summed E-state index contributed by atoms with van der Waals surface area (Å²) in [6.07, 6.45) is 4.66. The molecule has 2 aliphatic rings. The molecule has 1 aromatic rings. The average Bonchev–Trinajstić information content (AvgIpc) is 2.98. The summed E-state index contributed by atoms with van der Waals surface area (Å²) in [5.74, 6) is -1.80. The third-order valence-electron chi connectivity index (χ3n) is 4.78. The summed E-state index contributed by atoms with van der Waals surface area (Å²) in [7, 11) is 0. The quantitative estimate of drug-likeness (QED) is 0.916. The van der Waals surface area contributed by atoms with E-state index in [4.69, 9.17) is 9.47 Å². The van der Waals surface area contributed by atoms with E-state index < -0.39 is 23.5 Å². The molecule has 5 nitrogen and oxygen atoms in total. The van der Waals surface area contributed by atoms with E-state index in [1.54, 1.807) is 6.92 Å². The van der Waals surface area contributed by atoms with Crippen LogP contribution in [0.2, 0.25) is 0 Å². The molecule has 7 heteroatoms. The minimum absolute atomic E-state index is 0.0418. The third kappa shape index (κ3) is 3.89. The fourth-order valence-corrected chi connectivity index (χ4v) is 3.48. The number of carbonyl (C=O) groups excluding carboxylic acids is 1. The highest BCUT2D eigenvalue weighted by Gasteiger charge is 2.40. The normalized spacial score (nSPS) is 21.8. The van der Waals surface area contributed by atoms with Crippen LogP contribution in [0.3, 0.4) is 0 Å². The number of aromatic nitrogens is 1. The number of pyridine rings is 1. The van der Waals surface area contributed by atoms with Gasteiger partial charge in [0.15, 0.2) is 5.79 Å². The zero-order chi connectivity index (χ0) is 17.2. The van der Waals surface area contributed by atoms with Crippen molar-refractivity contribution in [3.63, 3.8) is 0 Å². The van der Waals surface area contributed by atoms with Crippen LogP contribution >= 0.6 is 0 Å². The molecular formula is C17H22F2N2O3. The monoisotopic (exact) mass is 340 g/mol. The van der Waals surface area contributed by atoms with E-state index >= 15 is 0 Å². The van der Waals surface area contributed by atoms with E-state index in [2.05, 4.69) is 10.3 Å². The van der Waals surface area contributed by atoms with Crippen molar-refractivity contribution in [1.82, 2.24) is 10.3 Å². The predicted octanol–water partition coefficient (Wildman–Crippen LogP) is 2.86. The van der Waals surface area contributed by atoms with Gasteiger partial charge in [0.1, 0.15) is 11.6 Å². The molecule has 3 rings (SSSR count). The van der Waals surface area contributed by atoms with Crippen molar-refractivity contribution >= 4 is 5.91 Å². The van der Waals surface area contributed by atoms with Gasteiger partial charge in [0.25, 0.3) is 0 Å². The maximum absolute atomic E-state index is 13.7. The van der Waals surface area contributed by atoms with Gasteiger partial charge in [-0.3, -0.25) is 9.78 Å². The Hall–Kier alpha value is -1.60. The van der Waals surface area contributed by atoms with E-state index in [0.717, 1.165) is 37.9 Å². The molecule has 0 bridgehead atoms. The molecule has 1 atom stereocenters. The van der Waals surface area contributed by atoms with Gasteiger partial charge in [0, 0.05) is 25.3 Å². The highest BCUT2D eigenvalue weighted by Crippen LogP contribution is 2.39. The van der Waals surface area contributed by atoms with Crippen LogP contribution < -0.4 is 5.32 Å². The van der Waals surface area contributed by atoms with Crippen molar-refractivity contribution in [3.05, 3.63) is 29.6 Å². The molecule has 1 aromatic heterocycles. The summed E-state index contributed by atoms with van der Waals surface area (Å²) in [4.78, 5) is 15.9. The fraction of sp³-hybridized carbons (Fsp3) is 0.647. The average molecular weight is 340 g/mol. The van der Waals surface area contributed by atoms with Crippen LogP contribution in [0.25, 0.3) is 0 Å². The van der Waals surface area contributed by atoms with Crippen LogP contribution in [0.15, 0.2) is 12.3 Å². The lowest BCUT2D eigenvalue weighted by atomic mass is 9.83. The molecule has 1 unspecified atom stereocenters. The van der Waals surface area contributed by atoms with Gasteiger partial charge in [0.05, 0.1) is 31.1 Å². The number of amides is 1. The molecular weight excluding hydrogens is 318 g/mol. The van der Waals surface area contributed by atoms with Crippen molar-refractivity contribution in [1.29, 1.82) is 0 Å². The molecule has 24 heavy (non-hydrogen) atoms. The molecule has 132 valence electrons. The minimum atomic E-state index is -0.752. The Morgan fingerprint density at radius 3 is 2.67 bits per heavy atom. The van der Waals surface area contributed by atoms with E-state index in [-0.39, 0.29) is 17.5 Å². The van der Waals surface area contributed by atoms with Gasteiger partial charge in [-0.25, -0.2) is 8.78 Å². The molecule has 1 aliphatic heterocycles. The first-order valence-electron chi connectivity index (χ1n) is 8.36. The zero-order valence-corrected chi connectivity index (χ0v) is 13.7. The van der Waals surface area contributed by atoms with E-state index in [1.807, 2.05) is 0 Å². The highest BCUT2D eigenvalue weighted by atomic mass is 19.1. The molecule has 0 aromatic carbocycles.